The minimum absolute atomic E-state index is 0.278. The highest BCUT2D eigenvalue weighted by molar-refractivity contribution is 6.04. The van der Waals surface area contributed by atoms with Crippen LogP contribution >= 0.6 is 0 Å². The average Bonchev–Trinajstić information content (AvgIpc) is 3.06. The van der Waals surface area contributed by atoms with Crippen molar-refractivity contribution in [1.29, 1.82) is 0 Å². The molecule has 146 valence electrons. The van der Waals surface area contributed by atoms with Crippen LogP contribution in [0.3, 0.4) is 0 Å². The molecule has 0 bridgehead atoms. The highest BCUT2D eigenvalue weighted by Crippen LogP contribution is 2.30. The van der Waals surface area contributed by atoms with Gasteiger partial charge in [0.1, 0.15) is 11.5 Å². The van der Waals surface area contributed by atoms with E-state index in [-0.39, 0.29) is 11.9 Å². The second-order valence-electron chi connectivity index (χ2n) is 6.43. The number of hydrogen-bond acceptors (Lipinski definition) is 6. The number of carbonyl (C=O) groups excluding carboxylic acids is 1. The summed E-state index contributed by atoms with van der Waals surface area (Å²) < 4.78 is 13.0. The lowest BCUT2D eigenvalue weighted by atomic mass is 10.1. The summed E-state index contributed by atoms with van der Waals surface area (Å²) in [7, 11) is 0. The number of rotatable bonds is 7. The van der Waals surface area contributed by atoms with Gasteiger partial charge in [0.25, 0.3) is 5.91 Å². The Labute approximate surface area is 159 Å². The van der Waals surface area contributed by atoms with E-state index < -0.39 is 0 Å². The van der Waals surface area contributed by atoms with Crippen molar-refractivity contribution in [2.24, 2.45) is 0 Å². The molecule has 1 aromatic heterocycles. The van der Waals surface area contributed by atoms with Crippen LogP contribution in [0.5, 0.6) is 11.5 Å². The smallest absolute Gasteiger partial charge is 0.278 e. The molecule has 0 radical (unpaired) electrons. The van der Waals surface area contributed by atoms with Gasteiger partial charge in [0.05, 0.1) is 30.6 Å². The van der Waals surface area contributed by atoms with E-state index in [1.807, 2.05) is 31.5 Å². The molecule has 2 heterocycles. The van der Waals surface area contributed by atoms with Crippen LogP contribution < -0.4 is 20.1 Å². The molecule has 27 heavy (non-hydrogen) atoms. The fourth-order valence-electron chi connectivity index (χ4n) is 3.27. The summed E-state index contributed by atoms with van der Waals surface area (Å²) in [5.74, 6) is 0.964. The van der Waals surface area contributed by atoms with Crippen LogP contribution in [0.2, 0.25) is 0 Å². The third kappa shape index (κ3) is 4.39. The fraction of sp³-hybridized carbons (Fsp3) is 0.526. The lowest BCUT2D eigenvalue weighted by Crippen LogP contribution is -2.30. The van der Waals surface area contributed by atoms with Crippen molar-refractivity contribution < 1.29 is 14.3 Å². The zero-order chi connectivity index (χ0) is 19.2. The number of piperidine rings is 1. The first-order chi connectivity index (χ1) is 13.1. The Morgan fingerprint density at radius 3 is 2.70 bits per heavy atom. The van der Waals surface area contributed by atoms with Crippen LogP contribution in [-0.2, 0) is 0 Å². The van der Waals surface area contributed by atoms with Gasteiger partial charge in [0.2, 0.25) is 0 Å². The summed E-state index contributed by atoms with van der Waals surface area (Å²) in [6.45, 7) is 8.65. The largest absolute Gasteiger partial charge is 0.494 e. The molecule has 1 fully saturated rings. The number of amides is 1. The summed E-state index contributed by atoms with van der Waals surface area (Å²) in [4.78, 5) is 12.8. The minimum atomic E-state index is -0.303. The zero-order valence-electron chi connectivity index (χ0n) is 16.1. The van der Waals surface area contributed by atoms with Crippen LogP contribution in [-0.4, -0.2) is 47.2 Å². The number of ether oxygens (including phenoxy) is 2. The Morgan fingerprint density at radius 2 is 2.00 bits per heavy atom. The third-order valence-corrected chi connectivity index (χ3v) is 4.61. The van der Waals surface area contributed by atoms with Gasteiger partial charge in [-0.25, -0.2) is 4.68 Å². The molecule has 0 saturated carbocycles. The molecule has 2 N–H and O–H groups in total. The maximum atomic E-state index is 12.8. The molecular weight excluding hydrogens is 346 g/mol. The molecule has 1 aliphatic heterocycles. The first-order valence-corrected chi connectivity index (χ1v) is 9.47. The second kappa shape index (κ2) is 8.85. The topological polar surface area (TPSA) is 90.3 Å². The van der Waals surface area contributed by atoms with E-state index in [2.05, 4.69) is 20.9 Å². The number of nitrogens with zero attached hydrogens (tertiary/aromatic N) is 3. The molecule has 0 spiro atoms. The Morgan fingerprint density at radius 1 is 1.26 bits per heavy atom. The molecule has 0 atom stereocenters. The molecule has 8 nitrogen and oxygen atoms in total. The summed E-state index contributed by atoms with van der Waals surface area (Å²) in [5.41, 5.74) is 1.67. The number of hydrogen-bond donors (Lipinski definition) is 2. The van der Waals surface area contributed by atoms with Crippen molar-refractivity contribution in [1.82, 2.24) is 20.3 Å². The maximum Gasteiger partial charge on any atom is 0.278 e. The first-order valence-electron chi connectivity index (χ1n) is 9.47. The second-order valence-corrected chi connectivity index (χ2v) is 6.43. The van der Waals surface area contributed by atoms with Gasteiger partial charge in [-0.2, -0.15) is 0 Å². The lowest BCUT2D eigenvalue weighted by molar-refractivity contribution is 0.102. The number of anilines is 1. The van der Waals surface area contributed by atoms with Gasteiger partial charge in [-0.15, -0.1) is 5.10 Å². The predicted octanol–water partition coefficient (Wildman–Crippen LogP) is 2.56. The standard InChI is InChI=1S/C19H27N5O3/c1-4-26-15-6-7-17(27-5-2)16(12-15)21-19(25)18-13(3)24(23-22-18)14-8-10-20-11-9-14/h6-7,12,14,20H,4-5,8-11H2,1-3H3,(H,21,25). The zero-order valence-corrected chi connectivity index (χ0v) is 16.1. The lowest BCUT2D eigenvalue weighted by Gasteiger charge is -2.23. The normalized spacial score (nSPS) is 14.8. The van der Waals surface area contributed by atoms with Crippen molar-refractivity contribution in [3.05, 3.63) is 29.6 Å². The molecule has 1 aliphatic rings. The third-order valence-electron chi connectivity index (χ3n) is 4.61. The molecule has 3 rings (SSSR count). The minimum Gasteiger partial charge on any atom is -0.494 e. The molecule has 8 heteroatoms. The highest BCUT2D eigenvalue weighted by Gasteiger charge is 2.23. The van der Waals surface area contributed by atoms with E-state index in [1.165, 1.54) is 0 Å². The summed E-state index contributed by atoms with van der Waals surface area (Å²) in [6.07, 6.45) is 1.96. The van der Waals surface area contributed by atoms with Crippen molar-refractivity contribution >= 4 is 11.6 Å². The maximum absolute atomic E-state index is 12.8. The monoisotopic (exact) mass is 373 g/mol. The van der Waals surface area contributed by atoms with E-state index in [1.54, 1.807) is 12.1 Å². The number of nitrogens with one attached hydrogen (secondary N) is 2. The van der Waals surface area contributed by atoms with Crippen molar-refractivity contribution in [3.63, 3.8) is 0 Å². The molecule has 0 unspecified atom stereocenters. The molecular formula is C19H27N5O3. The van der Waals surface area contributed by atoms with E-state index >= 15 is 0 Å². The van der Waals surface area contributed by atoms with Crippen LogP contribution in [0.25, 0.3) is 0 Å². The SMILES string of the molecule is CCOc1ccc(OCC)c(NC(=O)c2nnn(C3CCNCC3)c2C)c1. The molecule has 1 saturated heterocycles. The highest BCUT2D eigenvalue weighted by atomic mass is 16.5. The van der Waals surface area contributed by atoms with E-state index in [0.29, 0.717) is 36.1 Å². The Kier molecular flexibility index (Phi) is 6.28. The molecule has 2 aromatic rings. The van der Waals surface area contributed by atoms with Crippen molar-refractivity contribution in [3.8, 4) is 11.5 Å². The van der Waals surface area contributed by atoms with E-state index in [0.717, 1.165) is 31.6 Å². The Bertz CT molecular complexity index is 784. The van der Waals surface area contributed by atoms with Crippen LogP contribution in [0.15, 0.2) is 18.2 Å². The average molecular weight is 373 g/mol. The van der Waals surface area contributed by atoms with Gasteiger partial charge >= 0.3 is 0 Å². The number of aromatic nitrogens is 3. The van der Waals surface area contributed by atoms with Crippen molar-refractivity contribution in [2.75, 3.05) is 31.6 Å². The van der Waals surface area contributed by atoms with E-state index in [4.69, 9.17) is 9.47 Å². The first kappa shape index (κ1) is 19.2. The predicted molar refractivity (Wildman–Crippen MR) is 103 cm³/mol. The quantitative estimate of drug-likeness (QED) is 0.775. The Hall–Kier alpha value is -2.61. The van der Waals surface area contributed by atoms with Crippen molar-refractivity contribution in [2.45, 2.75) is 39.7 Å². The fourth-order valence-corrected chi connectivity index (χ4v) is 3.27. The van der Waals surface area contributed by atoms with Crippen LogP contribution in [0, 0.1) is 6.92 Å². The molecule has 0 aliphatic carbocycles. The summed E-state index contributed by atoms with van der Waals surface area (Å²) in [6, 6.07) is 5.66. The summed E-state index contributed by atoms with van der Waals surface area (Å²) >= 11 is 0. The van der Waals surface area contributed by atoms with Gasteiger partial charge in [-0.05, 0) is 58.8 Å². The van der Waals surface area contributed by atoms with Gasteiger partial charge in [0, 0.05) is 6.07 Å². The van der Waals surface area contributed by atoms with Gasteiger partial charge < -0.3 is 20.1 Å². The Balaban J connectivity index is 1.80. The number of carbonyl (C=O) groups is 1. The number of benzene rings is 1. The van der Waals surface area contributed by atoms with E-state index in [9.17, 15) is 4.79 Å². The molecule has 1 amide bonds. The van der Waals surface area contributed by atoms with Gasteiger partial charge in [-0.1, -0.05) is 5.21 Å². The molecule has 1 aromatic carbocycles. The van der Waals surface area contributed by atoms with Crippen LogP contribution in [0.4, 0.5) is 5.69 Å². The summed E-state index contributed by atoms with van der Waals surface area (Å²) in [5, 5.41) is 14.6. The van der Waals surface area contributed by atoms with Gasteiger partial charge in [0.15, 0.2) is 5.69 Å². The van der Waals surface area contributed by atoms with Gasteiger partial charge in [-0.3, -0.25) is 4.79 Å². The van der Waals surface area contributed by atoms with Crippen LogP contribution in [0.1, 0.15) is 48.9 Å².